The molecule has 2 aromatic rings. The van der Waals surface area contributed by atoms with E-state index in [1.807, 2.05) is 12.1 Å². The average Bonchev–Trinajstić information content (AvgIpc) is 3.71. The molecule has 2 aliphatic heterocycles. The molecule has 2 aromatic carbocycles. The van der Waals surface area contributed by atoms with E-state index in [1.54, 1.807) is 13.3 Å². The second-order valence-electron chi connectivity index (χ2n) is 9.94. The predicted octanol–water partition coefficient (Wildman–Crippen LogP) is 3.96. The van der Waals surface area contributed by atoms with Gasteiger partial charge in [0.05, 0.1) is 11.8 Å². The highest BCUT2D eigenvalue weighted by atomic mass is 16.5. The number of methoxy groups -OCH3 is 1. The molecule has 1 atom stereocenters. The second kappa shape index (κ2) is 11.2. The van der Waals surface area contributed by atoms with Crippen molar-refractivity contribution in [2.75, 3.05) is 26.7 Å². The van der Waals surface area contributed by atoms with Gasteiger partial charge in [0.25, 0.3) is 0 Å². The van der Waals surface area contributed by atoms with Crippen molar-refractivity contribution in [1.82, 2.24) is 10.2 Å². The summed E-state index contributed by atoms with van der Waals surface area (Å²) in [5, 5.41) is 13.8. The Kier molecular flexibility index (Phi) is 7.62. The van der Waals surface area contributed by atoms with E-state index in [9.17, 15) is 9.90 Å². The van der Waals surface area contributed by atoms with Crippen molar-refractivity contribution < 1.29 is 14.6 Å². The fourth-order valence-electron chi connectivity index (χ4n) is 4.58. The molecule has 2 heterocycles. The molecule has 0 amide bonds. The van der Waals surface area contributed by atoms with Crippen LogP contribution in [0.5, 0.6) is 0 Å². The number of hydrogen-bond donors (Lipinski definition) is 2. The van der Waals surface area contributed by atoms with E-state index in [4.69, 9.17) is 4.74 Å². The van der Waals surface area contributed by atoms with Crippen LogP contribution in [0.4, 0.5) is 0 Å². The number of aliphatic imine (C=N–C) groups is 1. The van der Waals surface area contributed by atoms with Gasteiger partial charge in [-0.2, -0.15) is 0 Å². The number of hydrogen-bond acceptors (Lipinski definition) is 6. The fraction of sp³-hybridized carbons (Fsp3) is 0.400. The van der Waals surface area contributed by atoms with Gasteiger partial charge >= 0.3 is 0 Å². The third-order valence-corrected chi connectivity index (χ3v) is 7.08. The molecule has 2 fully saturated rings. The van der Waals surface area contributed by atoms with E-state index in [0.29, 0.717) is 24.3 Å². The van der Waals surface area contributed by atoms with Crippen molar-refractivity contribution in [2.45, 2.75) is 50.3 Å². The maximum atomic E-state index is 11.9. The lowest BCUT2D eigenvalue weighted by molar-refractivity contribution is -0.117. The van der Waals surface area contributed by atoms with Crippen molar-refractivity contribution in [3.63, 3.8) is 0 Å². The van der Waals surface area contributed by atoms with Crippen molar-refractivity contribution in [3.05, 3.63) is 82.2 Å². The number of carbonyl (C=O) groups is 1. The topological polar surface area (TPSA) is 74.2 Å². The summed E-state index contributed by atoms with van der Waals surface area (Å²) in [5.74, 6) is 6.20. The van der Waals surface area contributed by atoms with Crippen molar-refractivity contribution in [3.8, 4) is 11.8 Å². The Labute approximate surface area is 213 Å². The highest BCUT2D eigenvalue weighted by Crippen LogP contribution is 2.29. The van der Waals surface area contributed by atoms with Gasteiger partial charge in [-0.1, -0.05) is 36.1 Å². The molecule has 0 aromatic heterocycles. The molecule has 0 spiro atoms. The monoisotopic (exact) mass is 483 g/mol. The molecule has 1 saturated carbocycles. The van der Waals surface area contributed by atoms with Gasteiger partial charge < -0.3 is 15.2 Å². The molecule has 2 N–H and O–H groups in total. The highest BCUT2D eigenvalue weighted by molar-refractivity contribution is 6.03. The first-order chi connectivity index (χ1) is 17.6. The number of carbonyl (C=O) groups excluding carboxylic acids is 1. The number of rotatable bonds is 9. The summed E-state index contributed by atoms with van der Waals surface area (Å²) >= 11 is 0. The van der Waals surface area contributed by atoms with E-state index in [0.717, 1.165) is 42.9 Å². The molecule has 0 radical (unpaired) electrons. The van der Waals surface area contributed by atoms with Crippen LogP contribution in [-0.2, 0) is 16.1 Å². The van der Waals surface area contributed by atoms with Gasteiger partial charge in [0.1, 0.15) is 0 Å². The molecule has 36 heavy (non-hydrogen) atoms. The van der Waals surface area contributed by atoms with Crippen LogP contribution in [0, 0.1) is 11.8 Å². The SMILES string of the molecule is COC1CN(Cc2ccc(C#Cc3ccc(C(CNC4CC4)CC4=C(O)C(=O)CC=N4)cc3)cc2)C1. The Morgan fingerprint density at radius 2 is 1.75 bits per heavy atom. The second-order valence-corrected chi connectivity index (χ2v) is 9.94. The van der Waals surface area contributed by atoms with Gasteiger partial charge in [0.15, 0.2) is 5.76 Å². The number of benzene rings is 2. The molecule has 6 heteroatoms. The van der Waals surface area contributed by atoms with Crippen LogP contribution in [0.3, 0.4) is 0 Å². The molecule has 1 aliphatic carbocycles. The summed E-state index contributed by atoms with van der Waals surface area (Å²) < 4.78 is 5.34. The fourth-order valence-corrected chi connectivity index (χ4v) is 4.58. The normalized spacial score (nSPS) is 19.1. The Hall–Kier alpha value is -3.24. The smallest absolute Gasteiger partial charge is 0.204 e. The quantitative estimate of drug-likeness (QED) is 0.529. The number of likely N-dealkylation sites (tertiary alicyclic amines) is 1. The number of allylic oxidation sites excluding steroid dienone is 2. The highest BCUT2D eigenvalue weighted by Gasteiger charge is 2.26. The number of nitrogens with zero attached hydrogens (tertiary/aromatic N) is 2. The van der Waals surface area contributed by atoms with Crippen molar-refractivity contribution >= 4 is 12.0 Å². The van der Waals surface area contributed by atoms with Gasteiger partial charge in [-0.15, -0.1) is 0 Å². The molecule has 3 aliphatic rings. The third-order valence-electron chi connectivity index (χ3n) is 7.08. The number of nitrogens with one attached hydrogen (secondary N) is 1. The minimum atomic E-state index is -0.257. The summed E-state index contributed by atoms with van der Waals surface area (Å²) in [5.41, 5.74) is 4.86. The standard InChI is InChI=1S/C30H33N3O3/c1-36-27-19-33(20-27)18-23-6-4-21(5-7-23)2-3-22-8-10-24(11-9-22)25(17-32-26-12-13-26)16-28-30(35)29(34)14-15-31-28/h4-11,15,25-27,32,35H,12-14,16-20H2,1H3. The van der Waals surface area contributed by atoms with Gasteiger partial charge in [0.2, 0.25) is 5.78 Å². The largest absolute Gasteiger partial charge is 0.503 e. The Balaban J connectivity index is 1.22. The van der Waals surface area contributed by atoms with Crippen molar-refractivity contribution in [2.24, 2.45) is 4.99 Å². The minimum absolute atomic E-state index is 0.117. The van der Waals surface area contributed by atoms with Gasteiger partial charge in [0, 0.05) is 75.4 Å². The molecule has 186 valence electrons. The molecule has 1 unspecified atom stereocenters. The maximum Gasteiger partial charge on any atom is 0.204 e. The average molecular weight is 484 g/mol. The summed E-state index contributed by atoms with van der Waals surface area (Å²) in [6.07, 6.45) is 5.08. The molecule has 5 rings (SSSR count). The first-order valence-electron chi connectivity index (χ1n) is 12.7. The lowest BCUT2D eigenvalue weighted by Crippen LogP contribution is -2.50. The van der Waals surface area contributed by atoms with E-state index in [1.165, 1.54) is 18.4 Å². The van der Waals surface area contributed by atoms with E-state index < -0.39 is 0 Å². The number of aliphatic hydroxyl groups excluding tert-OH is 1. The molecular weight excluding hydrogens is 450 g/mol. The minimum Gasteiger partial charge on any atom is -0.503 e. The van der Waals surface area contributed by atoms with Crippen molar-refractivity contribution in [1.29, 1.82) is 0 Å². The van der Waals surface area contributed by atoms with Crippen LogP contribution in [0.15, 0.2) is 65.0 Å². The number of ketones is 1. The van der Waals surface area contributed by atoms with Crippen LogP contribution in [0.25, 0.3) is 0 Å². The van der Waals surface area contributed by atoms with Crippen LogP contribution in [-0.4, -0.2) is 60.9 Å². The van der Waals surface area contributed by atoms with Gasteiger partial charge in [-0.25, -0.2) is 0 Å². The number of aliphatic hydroxyl groups is 1. The lowest BCUT2D eigenvalue weighted by atomic mass is 9.92. The van der Waals surface area contributed by atoms with Gasteiger partial charge in [-0.05, 0) is 48.2 Å². The molecule has 6 nitrogen and oxygen atoms in total. The predicted molar refractivity (Wildman–Crippen MR) is 141 cm³/mol. The van der Waals surface area contributed by atoms with Crippen LogP contribution < -0.4 is 5.32 Å². The lowest BCUT2D eigenvalue weighted by Gasteiger charge is -2.38. The van der Waals surface area contributed by atoms with Gasteiger partial charge in [-0.3, -0.25) is 14.7 Å². The first-order valence-corrected chi connectivity index (χ1v) is 12.7. The molecule has 1 saturated heterocycles. The third kappa shape index (κ3) is 6.30. The number of Topliss-reactive ketones (excluding diaryl/α,β-unsaturated/α-hetero) is 1. The summed E-state index contributed by atoms with van der Waals surface area (Å²) in [4.78, 5) is 18.6. The zero-order valence-corrected chi connectivity index (χ0v) is 20.7. The first kappa shape index (κ1) is 24.5. The van der Waals surface area contributed by atoms with E-state index in [-0.39, 0.29) is 23.9 Å². The maximum absolute atomic E-state index is 11.9. The van der Waals surface area contributed by atoms with E-state index >= 15 is 0 Å². The Bertz CT molecular complexity index is 1190. The molecular formula is C30H33N3O3. The van der Waals surface area contributed by atoms with Crippen LogP contribution in [0.1, 0.15) is 53.9 Å². The number of ether oxygens (including phenoxy) is 1. The summed E-state index contributed by atoms with van der Waals surface area (Å²) in [7, 11) is 1.77. The Morgan fingerprint density at radius 3 is 2.39 bits per heavy atom. The summed E-state index contributed by atoms with van der Waals surface area (Å²) in [6, 6.07) is 17.3. The zero-order valence-electron chi connectivity index (χ0n) is 20.7. The van der Waals surface area contributed by atoms with E-state index in [2.05, 4.69) is 63.4 Å². The molecule has 0 bridgehead atoms. The Morgan fingerprint density at radius 1 is 1.08 bits per heavy atom. The summed E-state index contributed by atoms with van der Waals surface area (Å²) in [6.45, 7) is 3.72. The zero-order chi connectivity index (χ0) is 24.9. The van der Waals surface area contributed by atoms with Crippen LogP contribution in [0.2, 0.25) is 0 Å². The van der Waals surface area contributed by atoms with Crippen LogP contribution >= 0.6 is 0 Å².